The van der Waals surface area contributed by atoms with Crippen LogP contribution in [-0.2, 0) is 0 Å². The summed E-state index contributed by atoms with van der Waals surface area (Å²) in [5.74, 6) is 1.21. The van der Waals surface area contributed by atoms with Crippen molar-refractivity contribution in [3.63, 3.8) is 0 Å². The Balaban J connectivity index is 1.36. The number of nitrogens with one attached hydrogen (secondary N) is 2. The van der Waals surface area contributed by atoms with Crippen LogP contribution in [0, 0.1) is 0 Å². The van der Waals surface area contributed by atoms with Gasteiger partial charge in [0.1, 0.15) is 11.5 Å². The minimum Gasteiger partial charge on any atom is -0.457 e. The van der Waals surface area contributed by atoms with Crippen LogP contribution in [0.2, 0.25) is 0 Å². The average molecular weight is 387 g/mol. The van der Waals surface area contributed by atoms with E-state index in [0.29, 0.717) is 22.9 Å². The summed E-state index contributed by atoms with van der Waals surface area (Å²) in [6.07, 6.45) is 6.83. The molecule has 0 bridgehead atoms. The van der Waals surface area contributed by atoms with Gasteiger partial charge in [-0.1, -0.05) is 6.07 Å². The average Bonchev–Trinajstić information content (AvgIpc) is 3.26. The predicted molar refractivity (Wildman–Crippen MR) is 109 cm³/mol. The SMILES string of the molecule is O=C(Nc1ccc(Oc2cc[n+](O)cc2)cc1)Nc1cccc(-n2cccc2)c1. The maximum Gasteiger partial charge on any atom is 0.323 e. The lowest BCUT2D eigenvalue weighted by Crippen LogP contribution is -2.27. The molecule has 0 saturated heterocycles. The van der Waals surface area contributed by atoms with Gasteiger partial charge in [0.2, 0.25) is 12.4 Å². The number of amides is 2. The monoisotopic (exact) mass is 387 g/mol. The highest BCUT2D eigenvalue weighted by molar-refractivity contribution is 5.99. The third kappa shape index (κ3) is 4.72. The number of nitrogens with zero attached hydrogens (tertiary/aromatic N) is 2. The van der Waals surface area contributed by atoms with Gasteiger partial charge in [-0.05, 0) is 54.6 Å². The first-order chi connectivity index (χ1) is 14.2. The zero-order chi connectivity index (χ0) is 20.1. The normalized spacial score (nSPS) is 10.3. The summed E-state index contributed by atoms with van der Waals surface area (Å²) >= 11 is 0. The number of pyridine rings is 1. The van der Waals surface area contributed by atoms with Crippen LogP contribution in [0.4, 0.5) is 16.2 Å². The van der Waals surface area contributed by atoms with E-state index in [1.807, 2.05) is 53.4 Å². The summed E-state index contributed by atoms with van der Waals surface area (Å²) in [4.78, 5) is 12.3. The van der Waals surface area contributed by atoms with Crippen LogP contribution in [0.1, 0.15) is 0 Å². The van der Waals surface area contributed by atoms with E-state index < -0.39 is 0 Å². The Morgan fingerprint density at radius 1 is 0.828 bits per heavy atom. The molecule has 7 heteroatoms. The lowest BCUT2D eigenvalue weighted by atomic mass is 10.2. The molecule has 29 heavy (non-hydrogen) atoms. The fraction of sp³-hybridized carbons (Fsp3) is 0. The van der Waals surface area contributed by atoms with Gasteiger partial charge < -0.3 is 19.9 Å². The maximum absolute atomic E-state index is 12.3. The first-order valence-electron chi connectivity index (χ1n) is 8.96. The number of benzene rings is 2. The zero-order valence-corrected chi connectivity index (χ0v) is 15.4. The Bertz CT molecular complexity index is 1090. The Morgan fingerprint density at radius 3 is 2.21 bits per heavy atom. The third-order valence-corrected chi connectivity index (χ3v) is 4.14. The summed E-state index contributed by atoms with van der Waals surface area (Å²) in [5.41, 5.74) is 2.29. The Morgan fingerprint density at radius 2 is 1.48 bits per heavy atom. The van der Waals surface area contributed by atoms with E-state index in [4.69, 9.17) is 4.74 Å². The quantitative estimate of drug-likeness (QED) is 0.350. The van der Waals surface area contributed by atoms with Gasteiger partial charge in [-0.25, -0.2) is 4.79 Å². The van der Waals surface area contributed by atoms with Gasteiger partial charge in [-0.3, -0.25) is 5.21 Å². The van der Waals surface area contributed by atoms with Gasteiger partial charge >= 0.3 is 6.03 Å². The number of anilines is 2. The third-order valence-electron chi connectivity index (χ3n) is 4.14. The van der Waals surface area contributed by atoms with Crippen LogP contribution in [0.25, 0.3) is 5.69 Å². The van der Waals surface area contributed by atoms with Crippen molar-refractivity contribution in [2.45, 2.75) is 0 Å². The number of urea groups is 1. The molecule has 0 fully saturated rings. The Hall–Kier alpha value is -4.26. The van der Waals surface area contributed by atoms with E-state index in [1.165, 1.54) is 12.4 Å². The molecule has 0 aliphatic carbocycles. The Labute approximate surface area is 167 Å². The lowest BCUT2D eigenvalue weighted by molar-refractivity contribution is -0.904. The van der Waals surface area contributed by atoms with Gasteiger partial charge in [0.05, 0.1) is 0 Å². The Kier molecular flexibility index (Phi) is 5.11. The van der Waals surface area contributed by atoms with E-state index in [2.05, 4.69) is 10.6 Å². The predicted octanol–water partition coefficient (Wildman–Crippen LogP) is 4.44. The number of carbonyl (C=O) groups is 1. The smallest absolute Gasteiger partial charge is 0.323 e. The molecule has 0 spiro atoms. The molecule has 144 valence electrons. The van der Waals surface area contributed by atoms with Crippen LogP contribution in [-0.4, -0.2) is 15.8 Å². The molecule has 0 aliphatic rings. The lowest BCUT2D eigenvalue weighted by Gasteiger charge is -2.10. The number of hydrogen-bond donors (Lipinski definition) is 3. The zero-order valence-electron chi connectivity index (χ0n) is 15.4. The van der Waals surface area contributed by atoms with Crippen molar-refractivity contribution in [2.75, 3.05) is 10.6 Å². The van der Waals surface area contributed by atoms with Crippen molar-refractivity contribution < 1.29 is 19.5 Å². The molecule has 2 amide bonds. The fourth-order valence-corrected chi connectivity index (χ4v) is 2.76. The van der Waals surface area contributed by atoms with Gasteiger partial charge in [-0.2, -0.15) is 0 Å². The molecule has 2 aromatic carbocycles. The van der Waals surface area contributed by atoms with Crippen molar-refractivity contribution in [1.29, 1.82) is 0 Å². The minimum absolute atomic E-state index is 0.334. The van der Waals surface area contributed by atoms with Crippen molar-refractivity contribution in [3.8, 4) is 17.2 Å². The highest BCUT2D eigenvalue weighted by Crippen LogP contribution is 2.22. The van der Waals surface area contributed by atoms with Crippen LogP contribution in [0.15, 0.2) is 97.6 Å². The van der Waals surface area contributed by atoms with E-state index in [0.717, 1.165) is 10.4 Å². The number of rotatable bonds is 5. The van der Waals surface area contributed by atoms with Crippen molar-refractivity contribution in [2.24, 2.45) is 0 Å². The second-order valence-electron chi connectivity index (χ2n) is 6.26. The van der Waals surface area contributed by atoms with E-state index >= 15 is 0 Å². The van der Waals surface area contributed by atoms with Crippen molar-refractivity contribution in [3.05, 3.63) is 97.6 Å². The highest BCUT2D eigenvalue weighted by Gasteiger charge is 2.05. The first kappa shape index (κ1) is 18.1. The summed E-state index contributed by atoms with van der Waals surface area (Å²) in [6.45, 7) is 0. The molecule has 4 rings (SSSR count). The number of hydrogen-bond acceptors (Lipinski definition) is 3. The summed E-state index contributed by atoms with van der Waals surface area (Å²) in [6, 6.07) is 21.4. The largest absolute Gasteiger partial charge is 0.457 e. The van der Waals surface area contributed by atoms with Crippen LogP contribution in [0.3, 0.4) is 0 Å². The minimum atomic E-state index is -0.334. The van der Waals surface area contributed by atoms with Gasteiger partial charge in [-0.15, -0.1) is 0 Å². The number of carbonyl (C=O) groups excluding carboxylic acids is 1. The second-order valence-corrected chi connectivity index (χ2v) is 6.26. The molecule has 0 saturated carbocycles. The summed E-state index contributed by atoms with van der Waals surface area (Å²) in [5, 5.41) is 14.9. The molecule has 4 aromatic rings. The summed E-state index contributed by atoms with van der Waals surface area (Å²) in [7, 11) is 0. The molecule has 0 atom stereocenters. The van der Waals surface area contributed by atoms with E-state index in [1.54, 1.807) is 36.4 Å². The van der Waals surface area contributed by atoms with Gasteiger partial charge in [0, 0.05) is 46.3 Å². The topological polar surface area (TPSA) is 79.4 Å². The summed E-state index contributed by atoms with van der Waals surface area (Å²) < 4.78 is 8.59. The van der Waals surface area contributed by atoms with E-state index in [9.17, 15) is 10.0 Å². The highest BCUT2D eigenvalue weighted by atomic mass is 16.5. The molecule has 0 radical (unpaired) electrons. The van der Waals surface area contributed by atoms with Crippen LogP contribution >= 0.6 is 0 Å². The molecular formula is C22H19N4O3+. The maximum atomic E-state index is 12.3. The standard InChI is InChI=1S/C22H18N4O3/c27-22(24-18-4-3-5-19(16-18)25-12-1-2-13-25)23-17-6-8-20(9-7-17)29-21-10-14-26(28)15-11-21/h1-16H,(H2-,23,24,27,28)/p+1. The van der Waals surface area contributed by atoms with Gasteiger partial charge in [0.15, 0.2) is 0 Å². The molecule has 2 heterocycles. The van der Waals surface area contributed by atoms with E-state index in [-0.39, 0.29) is 6.03 Å². The molecule has 2 aromatic heterocycles. The van der Waals surface area contributed by atoms with Crippen LogP contribution < -0.4 is 20.1 Å². The van der Waals surface area contributed by atoms with Gasteiger partial charge in [0.25, 0.3) is 0 Å². The first-order valence-corrected chi connectivity index (χ1v) is 8.96. The molecule has 7 nitrogen and oxygen atoms in total. The van der Waals surface area contributed by atoms with Crippen molar-refractivity contribution in [1.82, 2.24) is 4.57 Å². The fourth-order valence-electron chi connectivity index (χ4n) is 2.76. The number of ether oxygens (including phenoxy) is 1. The molecule has 0 aliphatic heterocycles. The molecule has 3 N–H and O–H groups in total. The van der Waals surface area contributed by atoms with Crippen LogP contribution in [0.5, 0.6) is 11.5 Å². The second kappa shape index (κ2) is 8.18. The molecular weight excluding hydrogens is 368 g/mol. The van der Waals surface area contributed by atoms with Crippen molar-refractivity contribution >= 4 is 17.4 Å². The molecule has 0 unspecified atom stereocenters. The number of aromatic nitrogens is 2.